The minimum atomic E-state index is -0.329. The Kier molecular flexibility index (Phi) is 6.28. The van der Waals surface area contributed by atoms with E-state index in [-0.39, 0.29) is 24.6 Å². The summed E-state index contributed by atoms with van der Waals surface area (Å²) in [5.74, 6) is 0.241. The van der Waals surface area contributed by atoms with Crippen molar-refractivity contribution in [2.24, 2.45) is 0 Å². The Bertz CT molecular complexity index is 569. The highest BCUT2D eigenvalue weighted by Crippen LogP contribution is 2.14. The van der Waals surface area contributed by atoms with Gasteiger partial charge in [0, 0.05) is 24.7 Å². The quantitative estimate of drug-likeness (QED) is 0.859. The number of rotatable bonds is 4. The molecule has 23 heavy (non-hydrogen) atoms. The largest absolute Gasteiger partial charge is 0.448 e. The summed E-state index contributed by atoms with van der Waals surface area (Å²) in [4.78, 5) is 25.7. The second-order valence-corrected chi connectivity index (χ2v) is 6.22. The molecular weight excluding hydrogens is 316 g/mol. The molecule has 0 unspecified atom stereocenters. The van der Waals surface area contributed by atoms with E-state index in [0.29, 0.717) is 24.5 Å². The zero-order valence-electron chi connectivity index (χ0n) is 13.6. The summed E-state index contributed by atoms with van der Waals surface area (Å²) in [6, 6.07) is 5.79. The van der Waals surface area contributed by atoms with Crippen LogP contribution in [0.5, 0.6) is 0 Å². The fourth-order valence-corrected chi connectivity index (χ4v) is 2.65. The van der Waals surface area contributed by atoms with Crippen molar-refractivity contribution in [1.82, 2.24) is 10.2 Å². The molecule has 1 saturated heterocycles. The number of ether oxygens (including phenoxy) is 1. The van der Waals surface area contributed by atoms with Crippen LogP contribution in [0.1, 0.15) is 34.3 Å². The third kappa shape index (κ3) is 4.86. The molecule has 0 aromatic heterocycles. The minimum absolute atomic E-state index is 0.0590. The summed E-state index contributed by atoms with van der Waals surface area (Å²) in [6.45, 7) is 5.41. The van der Waals surface area contributed by atoms with E-state index in [4.69, 9.17) is 16.3 Å². The van der Waals surface area contributed by atoms with E-state index in [0.717, 1.165) is 18.4 Å². The Balaban J connectivity index is 1.82. The monoisotopic (exact) mass is 338 g/mol. The van der Waals surface area contributed by atoms with Crippen LogP contribution in [-0.2, 0) is 4.74 Å². The molecule has 0 saturated carbocycles. The number of likely N-dealkylation sites (tertiary alicyclic amines) is 1. The standard InChI is InChI=1S/C17H23ClN2O3/c1-12-3-4-14(11-13(12)2)16(21)19-15-5-8-20(9-6-15)17(22)23-10-7-18/h3-4,11,15H,5-10H2,1-2H3,(H,19,21). The van der Waals surface area contributed by atoms with Crippen molar-refractivity contribution in [1.29, 1.82) is 0 Å². The number of alkyl halides is 1. The van der Waals surface area contributed by atoms with Gasteiger partial charge in [-0.25, -0.2) is 4.79 Å². The van der Waals surface area contributed by atoms with E-state index in [2.05, 4.69) is 5.32 Å². The SMILES string of the molecule is Cc1ccc(C(=O)NC2CCN(C(=O)OCCCl)CC2)cc1C. The Morgan fingerprint density at radius 2 is 1.96 bits per heavy atom. The van der Waals surface area contributed by atoms with E-state index in [9.17, 15) is 9.59 Å². The highest BCUT2D eigenvalue weighted by molar-refractivity contribution is 6.18. The number of halogens is 1. The number of hydrogen-bond donors (Lipinski definition) is 1. The van der Waals surface area contributed by atoms with Crippen molar-refractivity contribution < 1.29 is 14.3 Å². The molecule has 0 radical (unpaired) electrons. The van der Waals surface area contributed by atoms with Gasteiger partial charge in [0.15, 0.2) is 0 Å². The predicted octanol–water partition coefficient (Wildman–Crippen LogP) is 2.87. The normalized spacial score (nSPS) is 15.3. The first-order valence-corrected chi connectivity index (χ1v) is 8.40. The molecule has 1 aromatic carbocycles. The van der Waals surface area contributed by atoms with Crippen LogP contribution in [0, 0.1) is 13.8 Å². The molecule has 0 bridgehead atoms. The van der Waals surface area contributed by atoms with Crippen molar-refractivity contribution in [3.63, 3.8) is 0 Å². The van der Waals surface area contributed by atoms with Gasteiger partial charge in [-0.05, 0) is 49.9 Å². The van der Waals surface area contributed by atoms with E-state index in [1.165, 1.54) is 5.56 Å². The third-order valence-corrected chi connectivity index (χ3v) is 4.31. The molecule has 2 rings (SSSR count). The van der Waals surface area contributed by atoms with Crippen LogP contribution in [0.15, 0.2) is 18.2 Å². The van der Waals surface area contributed by atoms with Crippen molar-refractivity contribution in [3.8, 4) is 0 Å². The third-order valence-electron chi connectivity index (χ3n) is 4.16. The number of benzene rings is 1. The maximum absolute atomic E-state index is 12.3. The summed E-state index contributed by atoms with van der Waals surface area (Å²) in [5.41, 5.74) is 2.96. The maximum Gasteiger partial charge on any atom is 0.409 e. The molecule has 2 amide bonds. The van der Waals surface area contributed by atoms with Crippen molar-refractivity contribution in [2.75, 3.05) is 25.6 Å². The van der Waals surface area contributed by atoms with Gasteiger partial charge < -0.3 is 15.0 Å². The highest BCUT2D eigenvalue weighted by atomic mass is 35.5. The number of nitrogens with zero attached hydrogens (tertiary/aromatic N) is 1. The summed E-state index contributed by atoms with van der Waals surface area (Å²) >= 11 is 5.50. The van der Waals surface area contributed by atoms with Gasteiger partial charge in [0.05, 0.1) is 5.88 Å². The van der Waals surface area contributed by atoms with Gasteiger partial charge in [0.2, 0.25) is 0 Å². The number of aryl methyl sites for hydroxylation is 2. The zero-order chi connectivity index (χ0) is 16.8. The number of nitrogens with one attached hydrogen (secondary N) is 1. The van der Waals surface area contributed by atoms with Crippen LogP contribution in [0.2, 0.25) is 0 Å². The Labute approximate surface area is 141 Å². The molecule has 1 heterocycles. The minimum Gasteiger partial charge on any atom is -0.448 e. The lowest BCUT2D eigenvalue weighted by Crippen LogP contribution is -2.46. The molecule has 0 atom stereocenters. The summed E-state index contributed by atoms with van der Waals surface area (Å²) < 4.78 is 5.01. The molecule has 0 aliphatic carbocycles. The number of carbonyl (C=O) groups is 2. The van der Waals surface area contributed by atoms with E-state index in [1.807, 2.05) is 32.0 Å². The van der Waals surface area contributed by atoms with E-state index < -0.39 is 0 Å². The second-order valence-electron chi connectivity index (χ2n) is 5.84. The molecule has 1 aliphatic rings. The fourth-order valence-electron chi connectivity index (χ4n) is 2.57. The molecule has 5 nitrogen and oxygen atoms in total. The number of piperidine rings is 1. The number of carbonyl (C=O) groups excluding carboxylic acids is 2. The second kappa shape index (κ2) is 8.20. The van der Waals surface area contributed by atoms with Gasteiger partial charge in [-0.2, -0.15) is 0 Å². The first-order chi connectivity index (χ1) is 11.0. The van der Waals surface area contributed by atoms with Crippen LogP contribution in [0.4, 0.5) is 4.79 Å². The lowest BCUT2D eigenvalue weighted by Gasteiger charge is -2.31. The maximum atomic E-state index is 12.3. The van der Waals surface area contributed by atoms with Crippen molar-refractivity contribution in [3.05, 3.63) is 34.9 Å². The molecule has 1 aromatic rings. The van der Waals surface area contributed by atoms with Crippen LogP contribution in [0.25, 0.3) is 0 Å². The Morgan fingerprint density at radius 1 is 1.26 bits per heavy atom. The van der Waals surface area contributed by atoms with Gasteiger partial charge in [-0.1, -0.05) is 6.07 Å². The predicted molar refractivity (Wildman–Crippen MR) is 90.0 cm³/mol. The Hall–Kier alpha value is -1.75. The molecule has 0 spiro atoms. The van der Waals surface area contributed by atoms with Crippen LogP contribution in [0.3, 0.4) is 0 Å². The molecule has 1 aliphatic heterocycles. The zero-order valence-corrected chi connectivity index (χ0v) is 14.4. The number of amides is 2. The summed E-state index contributed by atoms with van der Waals surface area (Å²) in [7, 11) is 0. The first-order valence-electron chi connectivity index (χ1n) is 7.87. The van der Waals surface area contributed by atoms with Gasteiger partial charge in [-0.3, -0.25) is 4.79 Å². The van der Waals surface area contributed by atoms with Gasteiger partial charge in [-0.15, -0.1) is 11.6 Å². The van der Waals surface area contributed by atoms with Crippen molar-refractivity contribution in [2.45, 2.75) is 32.7 Å². The smallest absolute Gasteiger partial charge is 0.409 e. The molecular formula is C17H23ClN2O3. The van der Waals surface area contributed by atoms with Gasteiger partial charge in [0.1, 0.15) is 6.61 Å². The lowest BCUT2D eigenvalue weighted by atomic mass is 10.0. The van der Waals surface area contributed by atoms with Crippen LogP contribution < -0.4 is 5.32 Å². The van der Waals surface area contributed by atoms with E-state index in [1.54, 1.807) is 4.90 Å². The van der Waals surface area contributed by atoms with Gasteiger partial charge in [0.25, 0.3) is 5.91 Å². The highest BCUT2D eigenvalue weighted by Gasteiger charge is 2.24. The number of hydrogen-bond acceptors (Lipinski definition) is 3. The molecule has 1 N–H and O–H groups in total. The Morgan fingerprint density at radius 3 is 2.57 bits per heavy atom. The summed E-state index contributed by atoms with van der Waals surface area (Å²) in [5, 5.41) is 3.05. The van der Waals surface area contributed by atoms with Crippen LogP contribution in [-0.4, -0.2) is 48.5 Å². The van der Waals surface area contributed by atoms with E-state index >= 15 is 0 Å². The topological polar surface area (TPSA) is 58.6 Å². The molecule has 6 heteroatoms. The molecule has 126 valence electrons. The fraction of sp³-hybridized carbons (Fsp3) is 0.529. The first kappa shape index (κ1) is 17.6. The van der Waals surface area contributed by atoms with Gasteiger partial charge >= 0.3 is 6.09 Å². The van der Waals surface area contributed by atoms with Crippen molar-refractivity contribution >= 4 is 23.6 Å². The van der Waals surface area contributed by atoms with Crippen LogP contribution >= 0.6 is 11.6 Å². The lowest BCUT2D eigenvalue weighted by molar-refractivity contribution is 0.0862. The average molecular weight is 339 g/mol. The average Bonchev–Trinajstić information content (AvgIpc) is 2.55. The molecule has 1 fully saturated rings. The summed E-state index contributed by atoms with van der Waals surface area (Å²) in [6.07, 6.45) is 1.13.